The monoisotopic (exact) mass is 502 g/mol. The molecule has 0 unspecified atom stereocenters. The highest BCUT2D eigenvalue weighted by Crippen LogP contribution is 2.35. The molecular weight excluding hydrogens is 476 g/mol. The molecule has 0 aromatic heterocycles. The van der Waals surface area contributed by atoms with Crippen LogP contribution >= 0.6 is 11.6 Å². The second-order valence-corrected chi connectivity index (χ2v) is 11.7. The molecule has 0 spiro atoms. The van der Waals surface area contributed by atoms with Gasteiger partial charge in [0.2, 0.25) is 15.9 Å². The Morgan fingerprint density at radius 1 is 1.09 bits per heavy atom. The average Bonchev–Trinajstić information content (AvgIpc) is 2.70. The van der Waals surface area contributed by atoms with Crippen LogP contribution in [0, 0.1) is 0 Å². The fourth-order valence-corrected chi connectivity index (χ4v) is 5.27. The van der Waals surface area contributed by atoms with Crippen LogP contribution in [-0.2, 0) is 24.7 Å². The van der Waals surface area contributed by atoms with Gasteiger partial charge in [-0.05, 0) is 49.2 Å². The average molecular weight is 503 g/mol. The fraction of sp³-hybridized carbons (Fsp3) is 0.381. The quantitative estimate of drug-likeness (QED) is 0.564. The van der Waals surface area contributed by atoms with Crippen molar-refractivity contribution in [3.05, 3.63) is 53.1 Å². The molecule has 176 valence electrons. The number of sulfone groups is 1. The zero-order chi connectivity index (χ0) is 24.3. The fourth-order valence-electron chi connectivity index (χ4n) is 3.27. The molecule has 0 fully saturated rings. The Kier molecular flexibility index (Phi) is 8.19. The van der Waals surface area contributed by atoms with Crippen molar-refractivity contribution in [1.82, 2.24) is 5.32 Å². The lowest BCUT2D eigenvalue weighted by atomic mass is 10.1. The number of nitrogens with zero attached hydrogens (tertiary/aromatic N) is 1. The Balaban J connectivity index is 2.37. The maximum absolute atomic E-state index is 13.1. The van der Waals surface area contributed by atoms with Gasteiger partial charge in [-0.3, -0.25) is 9.10 Å². The number of amides is 1. The third-order valence-electron chi connectivity index (χ3n) is 4.88. The van der Waals surface area contributed by atoms with Crippen molar-refractivity contribution in [3.8, 4) is 5.75 Å². The Labute approximate surface area is 194 Å². The molecule has 0 aliphatic carbocycles. The van der Waals surface area contributed by atoms with Crippen molar-refractivity contribution in [2.75, 3.05) is 23.9 Å². The molecule has 2 rings (SSSR count). The third-order valence-corrected chi connectivity index (χ3v) is 7.40. The van der Waals surface area contributed by atoms with Gasteiger partial charge in [0.15, 0.2) is 9.84 Å². The molecule has 8 nitrogen and oxygen atoms in total. The first-order valence-corrected chi connectivity index (χ1v) is 13.8. The van der Waals surface area contributed by atoms with E-state index in [-0.39, 0.29) is 22.8 Å². The van der Waals surface area contributed by atoms with Gasteiger partial charge in [0.05, 0.1) is 30.0 Å². The van der Waals surface area contributed by atoms with Crippen molar-refractivity contribution in [3.63, 3.8) is 0 Å². The standard InChI is InChI=1S/C21H27ClN2O6S2/c1-6-18(24(32(5,28)29)19-13-16(22)9-12-20(19)30-3)21(25)23-14(2)15-7-10-17(11-8-15)31(4,26)27/h7-14,18H,6H2,1-5H3,(H,23,25)/t14-,18-/m0/s1. The highest BCUT2D eigenvalue weighted by atomic mass is 35.5. The van der Waals surface area contributed by atoms with Crippen LogP contribution in [0.25, 0.3) is 0 Å². The minimum absolute atomic E-state index is 0.162. The SMILES string of the molecule is CC[C@@H](C(=O)N[C@@H](C)c1ccc(S(C)(=O)=O)cc1)N(c1cc(Cl)ccc1OC)S(C)(=O)=O. The lowest BCUT2D eigenvalue weighted by Gasteiger charge is -2.32. The molecule has 2 aromatic carbocycles. The van der Waals surface area contributed by atoms with Crippen LogP contribution in [0.1, 0.15) is 31.9 Å². The van der Waals surface area contributed by atoms with Gasteiger partial charge in [-0.1, -0.05) is 30.7 Å². The minimum Gasteiger partial charge on any atom is -0.495 e. The Hall–Kier alpha value is -2.30. The van der Waals surface area contributed by atoms with E-state index < -0.39 is 37.9 Å². The molecule has 1 N–H and O–H groups in total. The van der Waals surface area contributed by atoms with Gasteiger partial charge in [0.1, 0.15) is 11.8 Å². The van der Waals surface area contributed by atoms with Crippen molar-refractivity contribution in [2.45, 2.75) is 37.2 Å². The van der Waals surface area contributed by atoms with Gasteiger partial charge >= 0.3 is 0 Å². The van der Waals surface area contributed by atoms with Gasteiger partial charge in [0.25, 0.3) is 0 Å². The molecule has 0 saturated heterocycles. The second-order valence-electron chi connectivity index (χ2n) is 7.37. The van der Waals surface area contributed by atoms with Crippen LogP contribution in [0.5, 0.6) is 5.75 Å². The number of nitrogens with one attached hydrogen (secondary N) is 1. The van der Waals surface area contributed by atoms with E-state index in [0.717, 1.165) is 16.8 Å². The zero-order valence-electron chi connectivity index (χ0n) is 18.5. The molecule has 1 amide bonds. The second kappa shape index (κ2) is 10.1. The van der Waals surface area contributed by atoms with Gasteiger partial charge in [-0.2, -0.15) is 0 Å². The normalized spacial score (nSPS) is 13.8. The van der Waals surface area contributed by atoms with E-state index in [1.165, 1.54) is 31.4 Å². The van der Waals surface area contributed by atoms with Crippen molar-refractivity contribution in [1.29, 1.82) is 0 Å². The zero-order valence-corrected chi connectivity index (χ0v) is 20.9. The summed E-state index contributed by atoms with van der Waals surface area (Å²) >= 11 is 6.08. The van der Waals surface area contributed by atoms with Gasteiger partial charge < -0.3 is 10.1 Å². The Morgan fingerprint density at radius 2 is 1.69 bits per heavy atom. The minimum atomic E-state index is -3.88. The topological polar surface area (TPSA) is 110 Å². The highest BCUT2D eigenvalue weighted by molar-refractivity contribution is 7.92. The van der Waals surface area contributed by atoms with Crippen molar-refractivity contribution >= 4 is 43.1 Å². The number of carbonyl (C=O) groups is 1. The summed E-state index contributed by atoms with van der Waals surface area (Å²) in [5.41, 5.74) is 0.835. The summed E-state index contributed by atoms with van der Waals surface area (Å²) in [5, 5.41) is 3.11. The number of rotatable bonds is 9. The summed E-state index contributed by atoms with van der Waals surface area (Å²) in [6, 6.07) is 9.12. The molecule has 0 radical (unpaired) electrons. The van der Waals surface area contributed by atoms with Crippen LogP contribution < -0.4 is 14.4 Å². The number of benzene rings is 2. The van der Waals surface area contributed by atoms with E-state index in [2.05, 4.69) is 5.32 Å². The Bertz CT molecular complexity index is 1180. The summed E-state index contributed by atoms with van der Waals surface area (Å²) in [7, 11) is -5.82. The molecule has 2 aromatic rings. The van der Waals surface area contributed by atoms with E-state index in [1.807, 2.05) is 0 Å². The van der Waals surface area contributed by atoms with Crippen LogP contribution in [0.15, 0.2) is 47.4 Å². The molecule has 0 bridgehead atoms. The number of ether oxygens (including phenoxy) is 1. The number of hydrogen-bond donors (Lipinski definition) is 1. The number of sulfonamides is 1. The molecule has 32 heavy (non-hydrogen) atoms. The van der Waals surface area contributed by atoms with Crippen molar-refractivity contribution < 1.29 is 26.4 Å². The summed E-state index contributed by atoms with van der Waals surface area (Å²) in [6.07, 6.45) is 2.31. The first-order chi connectivity index (χ1) is 14.8. The first kappa shape index (κ1) is 26.0. The van der Waals surface area contributed by atoms with E-state index in [9.17, 15) is 21.6 Å². The highest BCUT2D eigenvalue weighted by Gasteiger charge is 2.34. The molecular formula is C21H27ClN2O6S2. The van der Waals surface area contributed by atoms with Crippen LogP contribution in [-0.4, -0.2) is 48.4 Å². The van der Waals surface area contributed by atoms with E-state index in [0.29, 0.717) is 10.6 Å². The number of anilines is 1. The predicted molar refractivity (Wildman–Crippen MR) is 126 cm³/mol. The molecule has 0 heterocycles. The van der Waals surface area contributed by atoms with Crippen molar-refractivity contribution in [2.24, 2.45) is 0 Å². The van der Waals surface area contributed by atoms with Gasteiger partial charge in [-0.25, -0.2) is 16.8 Å². The lowest BCUT2D eigenvalue weighted by molar-refractivity contribution is -0.122. The van der Waals surface area contributed by atoms with E-state index >= 15 is 0 Å². The lowest BCUT2D eigenvalue weighted by Crippen LogP contribution is -2.49. The van der Waals surface area contributed by atoms with E-state index in [4.69, 9.17) is 16.3 Å². The molecule has 0 aliphatic rings. The summed E-state index contributed by atoms with van der Waals surface area (Å²) in [5.74, 6) is -0.255. The molecule has 11 heteroatoms. The smallest absolute Gasteiger partial charge is 0.244 e. The Morgan fingerprint density at radius 3 is 2.16 bits per heavy atom. The molecule has 2 atom stereocenters. The number of hydrogen-bond acceptors (Lipinski definition) is 6. The number of halogens is 1. The summed E-state index contributed by atoms with van der Waals surface area (Å²) in [6.45, 7) is 3.43. The third kappa shape index (κ3) is 6.14. The molecule has 0 aliphatic heterocycles. The van der Waals surface area contributed by atoms with Gasteiger partial charge in [0, 0.05) is 11.3 Å². The van der Waals surface area contributed by atoms with Gasteiger partial charge in [-0.15, -0.1) is 0 Å². The summed E-state index contributed by atoms with van der Waals surface area (Å²) in [4.78, 5) is 13.3. The van der Waals surface area contributed by atoms with Crippen LogP contribution in [0.3, 0.4) is 0 Å². The van der Waals surface area contributed by atoms with E-state index in [1.54, 1.807) is 32.0 Å². The largest absolute Gasteiger partial charge is 0.495 e. The predicted octanol–water partition coefficient (Wildman–Crippen LogP) is 3.17. The number of methoxy groups -OCH3 is 1. The maximum atomic E-state index is 13.1. The summed E-state index contributed by atoms with van der Waals surface area (Å²) < 4.78 is 55.0. The number of carbonyl (C=O) groups excluding carboxylic acids is 1. The first-order valence-electron chi connectivity index (χ1n) is 9.73. The molecule has 0 saturated carbocycles. The van der Waals surface area contributed by atoms with Crippen LogP contribution in [0.2, 0.25) is 5.02 Å². The maximum Gasteiger partial charge on any atom is 0.244 e. The van der Waals surface area contributed by atoms with Crippen LogP contribution in [0.4, 0.5) is 5.69 Å².